The third kappa shape index (κ3) is 7.18. The highest BCUT2D eigenvalue weighted by Gasteiger charge is 2.45. The normalized spacial score (nSPS) is 25.9. The van der Waals surface area contributed by atoms with Gasteiger partial charge in [0.05, 0.1) is 18.9 Å². The number of aliphatic hydroxyl groups excluding tert-OH is 1. The maximum Gasteiger partial charge on any atom is 0.428 e. The van der Waals surface area contributed by atoms with Crippen molar-refractivity contribution in [3.63, 3.8) is 0 Å². The van der Waals surface area contributed by atoms with E-state index in [9.17, 15) is 29.1 Å². The van der Waals surface area contributed by atoms with Crippen molar-refractivity contribution in [1.82, 2.24) is 24.5 Å². The van der Waals surface area contributed by atoms with E-state index < -0.39 is 80.4 Å². The molecule has 2 fully saturated rings. The summed E-state index contributed by atoms with van der Waals surface area (Å²) in [6.45, 7) is 13.1. The van der Waals surface area contributed by atoms with Crippen molar-refractivity contribution in [3.8, 4) is 0 Å². The minimum atomic E-state index is -2.30. The smallest absolute Gasteiger partial charge is 0.428 e. The van der Waals surface area contributed by atoms with Crippen molar-refractivity contribution in [3.05, 3.63) is 65.2 Å². The number of hydrogen-bond acceptors (Lipinski definition) is 11. The number of aromatic nitrogens is 4. The van der Waals surface area contributed by atoms with Crippen molar-refractivity contribution in [2.75, 3.05) is 6.61 Å². The molecule has 0 radical (unpaired) electrons. The SMILES string of the molecule is Cc1cn([C@H]2C[C@H](O[Si](C)(C)C(C)(C)C)[C@@H](/C=N/NC(=O)O[C@H]3C[C@H](n4cc(C)c(=O)[nH]c4=O)O[C@@H]3CO)O2)c(=O)[nH]c1=O. The van der Waals surface area contributed by atoms with Crippen LogP contribution in [0.2, 0.25) is 18.1 Å². The molecule has 4 heterocycles. The first kappa shape index (κ1) is 33.3. The molecular weight excluding hydrogens is 596 g/mol. The molecular formula is C27H40N6O10Si. The first-order valence-electron chi connectivity index (χ1n) is 14.2. The molecule has 0 unspecified atom stereocenters. The Balaban J connectivity index is 1.46. The van der Waals surface area contributed by atoms with Crippen LogP contribution >= 0.6 is 0 Å². The van der Waals surface area contributed by atoms with Crippen LogP contribution in [0.5, 0.6) is 0 Å². The van der Waals surface area contributed by atoms with Crippen LogP contribution in [0.4, 0.5) is 4.79 Å². The van der Waals surface area contributed by atoms with Gasteiger partial charge in [-0.2, -0.15) is 5.10 Å². The van der Waals surface area contributed by atoms with Gasteiger partial charge >= 0.3 is 17.5 Å². The Bertz CT molecular complexity index is 1640. The molecule has 16 nitrogen and oxygen atoms in total. The Morgan fingerprint density at radius 2 is 1.55 bits per heavy atom. The molecule has 2 aromatic rings. The molecule has 0 spiro atoms. The van der Waals surface area contributed by atoms with Gasteiger partial charge in [-0.25, -0.2) is 19.8 Å². The largest absolute Gasteiger partial charge is 0.442 e. The van der Waals surface area contributed by atoms with E-state index in [0.29, 0.717) is 12.0 Å². The summed E-state index contributed by atoms with van der Waals surface area (Å²) in [5.74, 6) is 0. The van der Waals surface area contributed by atoms with E-state index in [2.05, 4.69) is 54.4 Å². The summed E-state index contributed by atoms with van der Waals surface area (Å²) in [5, 5.41) is 13.6. The number of ether oxygens (including phenoxy) is 3. The summed E-state index contributed by atoms with van der Waals surface area (Å²) < 4.78 is 26.3. The highest BCUT2D eigenvalue weighted by atomic mass is 28.4. The fourth-order valence-corrected chi connectivity index (χ4v) is 6.07. The lowest BCUT2D eigenvalue weighted by Crippen LogP contribution is -2.46. The average molecular weight is 637 g/mol. The number of hydrogen-bond donors (Lipinski definition) is 4. The molecule has 4 N–H and O–H groups in total. The number of nitrogens with zero attached hydrogens (tertiary/aromatic N) is 3. The van der Waals surface area contributed by atoms with E-state index in [-0.39, 0.29) is 17.0 Å². The lowest BCUT2D eigenvalue weighted by Gasteiger charge is -2.38. The second kappa shape index (κ2) is 12.8. The molecule has 2 aliphatic rings. The summed E-state index contributed by atoms with van der Waals surface area (Å²) in [6.07, 6.45) is -1.23. The van der Waals surface area contributed by atoms with E-state index in [1.165, 1.54) is 34.7 Å². The molecule has 2 aromatic heterocycles. The van der Waals surface area contributed by atoms with Gasteiger partial charge in [-0.15, -0.1) is 0 Å². The monoisotopic (exact) mass is 636 g/mol. The van der Waals surface area contributed by atoms with Crippen LogP contribution in [-0.4, -0.2) is 75.9 Å². The topological polar surface area (TPSA) is 208 Å². The van der Waals surface area contributed by atoms with E-state index in [0.717, 1.165) is 0 Å². The zero-order valence-electron chi connectivity index (χ0n) is 25.8. The summed E-state index contributed by atoms with van der Waals surface area (Å²) in [5.41, 5.74) is 0.586. The molecule has 17 heteroatoms. The lowest BCUT2D eigenvalue weighted by atomic mass is 10.2. The fraction of sp³-hybridized carbons (Fsp3) is 0.630. The van der Waals surface area contributed by atoms with Crippen molar-refractivity contribution in [2.45, 2.75) is 102 Å². The van der Waals surface area contributed by atoms with E-state index in [1.54, 1.807) is 6.92 Å². The van der Waals surface area contributed by atoms with E-state index >= 15 is 0 Å². The molecule has 4 rings (SSSR count). The Hall–Kier alpha value is -3.64. The molecule has 2 aliphatic heterocycles. The number of hydrazone groups is 1. The summed E-state index contributed by atoms with van der Waals surface area (Å²) in [7, 11) is -2.30. The quantitative estimate of drug-likeness (QED) is 0.181. The predicted molar refractivity (Wildman–Crippen MR) is 160 cm³/mol. The van der Waals surface area contributed by atoms with Gasteiger partial charge in [0.25, 0.3) is 11.1 Å². The van der Waals surface area contributed by atoms with Crippen molar-refractivity contribution in [1.29, 1.82) is 0 Å². The number of aromatic amines is 2. The fourth-order valence-electron chi connectivity index (χ4n) is 4.72. The maximum atomic E-state index is 12.6. The second-order valence-electron chi connectivity index (χ2n) is 12.5. The number of aryl methyl sites for hydroxylation is 2. The number of aliphatic hydroxyl groups is 1. The maximum absolute atomic E-state index is 12.6. The van der Waals surface area contributed by atoms with Gasteiger partial charge in [0.15, 0.2) is 8.32 Å². The van der Waals surface area contributed by atoms with E-state index in [1.807, 2.05) is 0 Å². The number of carbonyl (C=O) groups is 1. The third-order valence-corrected chi connectivity index (χ3v) is 12.8. The minimum Gasteiger partial charge on any atom is -0.442 e. The Kier molecular flexibility index (Phi) is 9.65. The van der Waals surface area contributed by atoms with Crippen LogP contribution in [-0.2, 0) is 18.6 Å². The van der Waals surface area contributed by atoms with Crippen molar-refractivity contribution < 1.29 is 28.5 Å². The lowest BCUT2D eigenvalue weighted by molar-refractivity contribution is -0.0484. The number of nitrogens with one attached hydrogen (secondary N) is 3. The molecule has 0 aromatic carbocycles. The number of amides is 1. The second-order valence-corrected chi connectivity index (χ2v) is 17.3. The Labute approximate surface area is 253 Å². The van der Waals surface area contributed by atoms with Crippen molar-refractivity contribution >= 4 is 20.6 Å². The number of carbonyl (C=O) groups excluding carboxylic acids is 1. The van der Waals surface area contributed by atoms with Crippen LogP contribution in [0.25, 0.3) is 0 Å². The molecule has 242 valence electrons. The number of rotatable bonds is 8. The van der Waals surface area contributed by atoms with Gasteiger partial charge in [-0.3, -0.25) is 28.7 Å². The summed E-state index contributed by atoms with van der Waals surface area (Å²) in [4.78, 5) is 65.5. The Morgan fingerprint density at radius 1 is 1.02 bits per heavy atom. The standard InChI is InChI=1S/C27H40N6O10Si/c1-14-11-32(24(37)29-22(14)35)20-8-16(19(13-34)41-20)42-26(39)31-28-10-18-17(43-44(6,7)27(3,4)5)9-21(40-18)33-12-15(2)23(36)30-25(33)38/h10-12,16-21,34H,8-9,13H2,1-7H3,(H,31,39)(H,29,35,37)(H,30,36,38)/b28-10+/t16-,17-,18+,19+,20+,21+/m0/s1. The Morgan fingerprint density at radius 3 is 2.07 bits per heavy atom. The number of H-pyrrole nitrogens is 2. The van der Waals surface area contributed by atoms with Crippen LogP contribution in [0.15, 0.2) is 36.7 Å². The molecule has 0 aliphatic carbocycles. The molecule has 6 atom stereocenters. The minimum absolute atomic E-state index is 0.0386. The highest BCUT2D eigenvalue weighted by Crippen LogP contribution is 2.40. The van der Waals surface area contributed by atoms with Crippen LogP contribution in [0.1, 0.15) is 57.2 Å². The van der Waals surface area contributed by atoms with Crippen molar-refractivity contribution in [2.24, 2.45) is 5.10 Å². The first-order valence-corrected chi connectivity index (χ1v) is 17.1. The van der Waals surface area contributed by atoms with Crippen LogP contribution in [0.3, 0.4) is 0 Å². The summed E-state index contributed by atoms with van der Waals surface area (Å²) in [6, 6.07) is 0. The molecule has 44 heavy (non-hydrogen) atoms. The molecule has 2 saturated heterocycles. The van der Waals surface area contributed by atoms with Gasteiger partial charge in [-0.05, 0) is 32.0 Å². The zero-order valence-corrected chi connectivity index (χ0v) is 26.8. The van der Waals surface area contributed by atoms with Crippen LogP contribution < -0.4 is 27.9 Å². The van der Waals surface area contributed by atoms with Gasteiger partial charge in [-0.1, -0.05) is 20.8 Å². The van der Waals surface area contributed by atoms with Crippen LogP contribution in [0, 0.1) is 13.8 Å². The zero-order chi connectivity index (χ0) is 32.6. The van der Waals surface area contributed by atoms with Gasteiger partial charge in [0, 0.05) is 36.4 Å². The van der Waals surface area contributed by atoms with Gasteiger partial charge in [0.2, 0.25) is 0 Å². The molecule has 0 saturated carbocycles. The summed E-state index contributed by atoms with van der Waals surface area (Å²) >= 11 is 0. The highest BCUT2D eigenvalue weighted by molar-refractivity contribution is 6.74. The van der Waals surface area contributed by atoms with Gasteiger partial charge in [0.1, 0.15) is 30.8 Å². The average Bonchev–Trinajstić information content (AvgIpc) is 3.50. The molecule has 0 bridgehead atoms. The predicted octanol–water partition coefficient (Wildman–Crippen LogP) is 0.742. The first-order chi connectivity index (χ1) is 20.5. The molecule has 1 amide bonds. The third-order valence-electron chi connectivity index (χ3n) is 8.28. The van der Waals surface area contributed by atoms with Gasteiger partial charge < -0.3 is 23.7 Å². The van der Waals surface area contributed by atoms with E-state index in [4.69, 9.17) is 18.6 Å².